The molecule has 0 aliphatic carbocycles. The summed E-state index contributed by atoms with van der Waals surface area (Å²) < 4.78 is 36.3. The predicted octanol–water partition coefficient (Wildman–Crippen LogP) is 1.98. The number of esters is 2. The molecule has 0 saturated carbocycles. The van der Waals surface area contributed by atoms with Crippen molar-refractivity contribution in [3.8, 4) is 0 Å². The molecule has 1 fully saturated rings. The highest BCUT2D eigenvalue weighted by Gasteiger charge is 2.30. The second-order valence-corrected chi connectivity index (χ2v) is 7.65. The Balaban J connectivity index is 1.76. The van der Waals surface area contributed by atoms with Crippen LogP contribution < -0.4 is 4.31 Å². The molecule has 3 rings (SSSR count). The van der Waals surface area contributed by atoms with Crippen LogP contribution in [0.15, 0.2) is 59.5 Å². The molecule has 0 amide bonds. The molecule has 2 aromatic carbocycles. The van der Waals surface area contributed by atoms with Gasteiger partial charge in [0.05, 0.1) is 22.8 Å². The van der Waals surface area contributed by atoms with E-state index in [4.69, 9.17) is 9.47 Å². The standard InChI is InChI=1S/C18H17NO6S/c1-19(14-5-3-2-4-6-14)26(22,23)15-9-7-13(8-10-15)17(20)25-16-11-12-24-18(16)21/h2-10,16H,11-12H2,1H3/t16-/m0/s1. The molecule has 1 atom stereocenters. The highest BCUT2D eigenvalue weighted by Crippen LogP contribution is 2.22. The molecule has 0 radical (unpaired) electrons. The Bertz CT molecular complexity index is 908. The first kappa shape index (κ1) is 17.9. The van der Waals surface area contributed by atoms with Crippen molar-refractivity contribution in [3.05, 3.63) is 60.2 Å². The first-order valence-electron chi connectivity index (χ1n) is 7.91. The number of ether oxygens (including phenoxy) is 2. The van der Waals surface area contributed by atoms with Crippen molar-refractivity contribution in [3.63, 3.8) is 0 Å². The Morgan fingerprint density at radius 2 is 1.77 bits per heavy atom. The smallest absolute Gasteiger partial charge is 0.347 e. The average molecular weight is 375 g/mol. The van der Waals surface area contributed by atoms with E-state index in [1.165, 1.54) is 31.3 Å². The molecule has 2 aromatic rings. The van der Waals surface area contributed by atoms with Crippen molar-refractivity contribution in [2.24, 2.45) is 0 Å². The quantitative estimate of drug-likeness (QED) is 0.743. The molecule has 0 N–H and O–H groups in total. The molecule has 1 heterocycles. The molecule has 136 valence electrons. The maximum absolute atomic E-state index is 12.7. The summed E-state index contributed by atoms with van der Waals surface area (Å²) in [5, 5.41) is 0. The van der Waals surface area contributed by atoms with Crippen LogP contribution in [0.5, 0.6) is 0 Å². The van der Waals surface area contributed by atoms with E-state index in [1.54, 1.807) is 30.3 Å². The van der Waals surface area contributed by atoms with Crippen LogP contribution in [-0.4, -0.2) is 40.1 Å². The number of anilines is 1. The van der Waals surface area contributed by atoms with E-state index in [2.05, 4.69) is 0 Å². The van der Waals surface area contributed by atoms with Crippen LogP contribution in [0.3, 0.4) is 0 Å². The molecule has 0 unspecified atom stereocenters. The van der Waals surface area contributed by atoms with E-state index in [9.17, 15) is 18.0 Å². The number of hydrogen-bond acceptors (Lipinski definition) is 6. The maximum atomic E-state index is 12.7. The second kappa shape index (κ2) is 7.17. The largest absolute Gasteiger partial charge is 0.463 e. The van der Waals surface area contributed by atoms with Gasteiger partial charge in [-0.1, -0.05) is 18.2 Å². The summed E-state index contributed by atoms with van der Waals surface area (Å²) in [6.45, 7) is 0.222. The van der Waals surface area contributed by atoms with Gasteiger partial charge in [0, 0.05) is 13.5 Å². The Labute approximate surface area is 151 Å². The van der Waals surface area contributed by atoms with Gasteiger partial charge >= 0.3 is 11.9 Å². The minimum Gasteiger partial charge on any atom is -0.463 e. The predicted molar refractivity (Wildman–Crippen MR) is 93.3 cm³/mol. The van der Waals surface area contributed by atoms with E-state index in [1.807, 2.05) is 0 Å². The molecule has 1 aliphatic rings. The van der Waals surface area contributed by atoms with Crippen molar-refractivity contribution in [2.45, 2.75) is 17.4 Å². The second-order valence-electron chi connectivity index (χ2n) is 5.68. The minimum atomic E-state index is -3.76. The minimum absolute atomic E-state index is 0.0423. The number of benzene rings is 2. The van der Waals surface area contributed by atoms with Crippen LogP contribution in [0, 0.1) is 0 Å². The maximum Gasteiger partial charge on any atom is 0.347 e. The molecule has 7 nitrogen and oxygen atoms in total. The van der Waals surface area contributed by atoms with Gasteiger partial charge in [0.25, 0.3) is 10.0 Å². The van der Waals surface area contributed by atoms with E-state index >= 15 is 0 Å². The van der Waals surface area contributed by atoms with Gasteiger partial charge in [-0.2, -0.15) is 0 Å². The molecule has 0 bridgehead atoms. The molecular weight excluding hydrogens is 358 g/mol. The van der Waals surface area contributed by atoms with Crippen LogP contribution >= 0.6 is 0 Å². The zero-order valence-electron chi connectivity index (χ0n) is 14.0. The van der Waals surface area contributed by atoms with E-state index in [0.717, 1.165) is 4.31 Å². The number of carbonyl (C=O) groups is 2. The lowest BCUT2D eigenvalue weighted by Crippen LogP contribution is -2.26. The van der Waals surface area contributed by atoms with Gasteiger partial charge in [0.15, 0.2) is 0 Å². The fourth-order valence-corrected chi connectivity index (χ4v) is 3.67. The molecule has 1 aliphatic heterocycles. The number of rotatable bonds is 5. The van der Waals surface area contributed by atoms with E-state index in [-0.39, 0.29) is 17.1 Å². The van der Waals surface area contributed by atoms with Crippen LogP contribution in [0.1, 0.15) is 16.8 Å². The van der Waals surface area contributed by atoms with Crippen molar-refractivity contribution < 1.29 is 27.5 Å². The third-order valence-corrected chi connectivity index (χ3v) is 5.80. The van der Waals surface area contributed by atoms with Gasteiger partial charge in [-0.25, -0.2) is 18.0 Å². The summed E-state index contributed by atoms with van der Waals surface area (Å²) in [7, 11) is -2.30. The molecule has 0 aromatic heterocycles. The van der Waals surface area contributed by atoms with Gasteiger partial charge in [-0.15, -0.1) is 0 Å². The van der Waals surface area contributed by atoms with Crippen LogP contribution in [-0.2, 0) is 24.3 Å². The fraction of sp³-hybridized carbons (Fsp3) is 0.222. The summed E-state index contributed by atoms with van der Waals surface area (Å²) >= 11 is 0. The van der Waals surface area contributed by atoms with Crippen LogP contribution in [0.2, 0.25) is 0 Å². The Kier molecular flexibility index (Phi) is 4.94. The summed E-state index contributed by atoms with van der Waals surface area (Å²) in [5.41, 5.74) is 0.682. The first-order chi connectivity index (χ1) is 12.4. The van der Waals surface area contributed by atoms with Gasteiger partial charge < -0.3 is 9.47 Å². The number of para-hydroxylation sites is 1. The highest BCUT2D eigenvalue weighted by atomic mass is 32.2. The van der Waals surface area contributed by atoms with E-state index in [0.29, 0.717) is 12.1 Å². The topological polar surface area (TPSA) is 90.0 Å². The van der Waals surface area contributed by atoms with Crippen molar-refractivity contribution in [1.82, 2.24) is 0 Å². The lowest BCUT2D eigenvalue weighted by atomic mass is 10.2. The van der Waals surface area contributed by atoms with Crippen molar-refractivity contribution in [2.75, 3.05) is 18.0 Å². The SMILES string of the molecule is CN(c1ccccc1)S(=O)(=O)c1ccc(C(=O)O[C@H]2CCOC2=O)cc1. The van der Waals surface area contributed by atoms with Gasteiger partial charge in [-0.3, -0.25) is 4.31 Å². The Morgan fingerprint density at radius 3 is 2.35 bits per heavy atom. The van der Waals surface area contributed by atoms with Gasteiger partial charge in [0.1, 0.15) is 0 Å². The number of sulfonamides is 1. The molecule has 0 spiro atoms. The van der Waals surface area contributed by atoms with E-state index < -0.39 is 28.1 Å². The van der Waals surface area contributed by atoms with Crippen LogP contribution in [0.4, 0.5) is 5.69 Å². The molecule has 26 heavy (non-hydrogen) atoms. The van der Waals surface area contributed by atoms with Crippen LogP contribution in [0.25, 0.3) is 0 Å². The zero-order valence-corrected chi connectivity index (χ0v) is 14.8. The lowest BCUT2D eigenvalue weighted by molar-refractivity contribution is -0.145. The zero-order chi connectivity index (χ0) is 18.7. The summed E-state index contributed by atoms with van der Waals surface area (Å²) in [5.74, 6) is -1.27. The summed E-state index contributed by atoms with van der Waals surface area (Å²) in [6.07, 6.45) is -0.589. The monoisotopic (exact) mass is 375 g/mol. The summed E-state index contributed by atoms with van der Waals surface area (Å²) in [4.78, 5) is 23.5. The van der Waals surface area contributed by atoms with Crippen molar-refractivity contribution in [1.29, 1.82) is 0 Å². The normalized spacial score (nSPS) is 16.8. The average Bonchev–Trinajstić information content (AvgIpc) is 3.06. The number of hydrogen-bond donors (Lipinski definition) is 0. The number of cyclic esters (lactones) is 1. The third kappa shape index (κ3) is 3.55. The fourth-order valence-electron chi connectivity index (χ4n) is 2.48. The third-order valence-electron chi connectivity index (χ3n) is 4.00. The lowest BCUT2D eigenvalue weighted by Gasteiger charge is -2.19. The number of carbonyl (C=O) groups excluding carboxylic acids is 2. The Morgan fingerprint density at radius 1 is 1.12 bits per heavy atom. The Hall–Kier alpha value is -2.87. The molecular formula is C18H17NO6S. The number of nitrogens with zero attached hydrogens (tertiary/aromatic N) is 1. The highest BCUT2D eigenvalue weighted by molar-refractivity contribution is 7.92. The molecule has 8 heteroatoms. The van der Waals surface area contributed by atoms with Gasteiger partial charge in [-0.05, 0) is 36.4 Å². The van der Waals surface area contributed by atoms with Crippen molar-refractivity contribution >= 4 is 27.6 Å². The summed E-state index contributed by atoms with van der Waals surface area (Å²) in [6, 6.07) is 14.0. The first-order valence-corrected chi connectivity index (χ1v) is 9.35. The molecule has 1 saturated heterocycles. The van der Waals surface area contributed by atoms with Gasteiger partial charge in [0.2, 0.25) is 6.10 Å².